The van der Waals surface area contributed by atoms with Crippen LogP contribution in [-0.4, -0.2) is 60.3 Å². The average Bonchev–Trinajstić information content (AvgIpc) is 3.32. The maximum atomic E-state index is 13.1. The minimum atomic E-state index is -0.204. The number of piperidine rings is 1. The Balaban J connectivity index is 1.11. The van der Waals surface area contributed by atoms with E-state index in [1.165, 1.54) is 5.56 Å². The van der Waals surface area contributed by atoms with Crippen LogP contribution in [0.4, 0.5) is 11.4 Å². The number of anilines is 2. The predicted octanol–water partition coefficient (Wildman–Crippen LogP) is 4.68. The molecular formula is C30H33N5O3. The van der Waals surface area contributed by atoms with Gasteiger partial charge in [0.05, 0.1) is 11.7 Å². The molecule has 1 aliphatic rings. The second-order valence-electron chi connectivity index (χ2n) is 9.96. The van der Waals surface area contributed by atoms with Crippen molar-refractivity contribution in [3.63, 3.8) is 0 Å². The van der Waals surface area contributed by atoms with Crippen LogP contribution in [0.2, 0.25) is 0 Å². The summed E-state index contributed by atoms with van der Waals surface area (Å²) in [5, 5.41) is 8.14. The van der Waals surface area contributed by atoms with Crippen LogP contribution >= 0.6 is 0 Å². The molecule has 0 spiro atoms. The maximum absolute atomic E-state index is 13.1. The molecule has 1 N–H and O–H groups in total. The van der Waals surface area contributed by atoms with Crippen molar-refractivity contribution in [3.05, 3.63) is 84.1 Å². The van der Waals surface area contributed by atoms with Gasteiger partial charge in [0.15, 0.2) is 6.61 Å². The lowest BCUT2D eigenvalue weighted by atomic mass is 9.89. The Hall–Kier alpha value is -4.33. The van der Waals surface area contributed by atoms with Gasteiger partial charge in [0, 0.05) is 62.6 Å². The van der Waals surface area contributed by atoms with E-state index in [0.29, 0.717) is 17.2 Å². The smallest absolute Gasteiger partial charge is 0.262 e. The maximum Gasteiger partial charge on any atom is 0.262 e. The number of ether oxygens (including phenoxy) is 1. The fraction of sp³-hybridized carbons (Fsp3) is 0.300. The molecule has 3 aromatic carbocycles. The van der Waals surface area contributed by atoms with Crippen molar-refractivity contribution in [2.45, 2.75) is 18.8 Å². The van der Waals surface area contributed by atoms with Gasteiger partial charge in [-0.1, -0.05) is 18.2 Å². The van der Waals surface area contributed by atoms with E-state index in [4.69, 9.17) is 4.74 Å². The summed E-state index contributed by atoms with van der Waals surface area (Å²) in [5.41, 5.74) is 4.70. The Bertz CT molecular complexity index is 1440. The average molecular weight is 512 g/mol. The molecule has 0 saturated carbocycles. The third-order valence-corrected chi connectivity index (χ3v) is 7.15. The summed E-state index contributed by atoms with van der Waals surface area (Å²) in [7, 11) is 5.82. The highest BCUT2D eigenvalue weighted by atomic mass is 16.5. The summed E-state index contributed by atoms with van der Waals surface area (Å²) < 4.78 is 7.47. The van der Waals surface area contributed by atoms with E-state index >= 15 is 0 Å². The molecule has 1 fully saturated rings. The number of hydrogen-bond donors (Lipinski definition) is 1. The highest BCUT2D eigenvalue weighted by molar-refractivity contribution is 5.98. The molecule has 0 atom stereocenters. The zero-order chi connectivity index (χ0) is 26.6. The standard InChI is InChI=1S/C30H33N5O3/c1-33(2)26-5-4-6-27(18-26)38-20-29(36)32-25-10-7-21(8-11-25)22-13-15-35(16-14-22)30(37)23-9-12-28-24(17-23)19-31-34(28)3/h4-12,17-19,22H,13-16,20H2,1-3H3,(H,32,36). The first-order valence-electron chi connectivity index (χ1n) is 12.9. The summed E-state index contributed by atoms with van der Waals surface area (Å²) in [6, 6.07) is 21.4. The SMILES string of the molecule is CN(C)c1cccc(OCC(=O)Nc2ccc(C3CCN(C(=O)c4ccc5c(cnn5C)c4)CC3)cc2)c1. The van der Waals surface area contributed by atoms with E-state index in [1.807, 2.05) is 90.2 Å². The largest absolute Gasteiger partial charge is 0.484 e. The summed E-state index contributed by atoms with van der Waals surface area (Å²) >= 11 is 0. The number of amides is 2. The van der Waals surface area contributed by atoms with Crippen LogP contribution in [0.5, 0.6) is 5.75 Å². The molecule has 8 heteroatoms. The molecule has 38 heavy (non-hydrogen) atoms. The van der Waals surface area contributed by atoms with E-state index in [-0.39, 0.29) is 18.4 Å². The summed E-state index contributed by atoms with van der Waals surface area (Å²) in [6.07, 6.45) is 3.61. The van der Waals surface area contributed by atoms with Gasteiger partial charge in [-0.05, 0) is 66.8 Å². The zero-order valence-corrected chi connectivity index (χ0v) is 22.1. The highest BCUT2D eigenvalue weighted by Gasteiger charge is 2.25. The molecule has 8 nitrogen and oxygen atoms in total. The second kappa shape index (κ2) is 11.0. The number of nitrogens with one attached hydrogen (secondary N) is 1. The minimum absolute atomic E-state index is 0.0567. The number of aryl methyl sites for hydroxylation is 1. The molecule has 1 aromatic heterocycles. The van der Waals surface area contributed by atoms with Crippen molar-refractivity contribution in [1.82, 2.24) is 14.7 Å². The third-order valence-electron chi connectivity index (χ3n) is 7.15. The van der Waals surface area contributed by atoms with Crippen LogP contribution in [0.3, 0.4) is 0 Å². The van der Waals surface area contributed by atoms with E-state index in [2.05, 4.69) is 22.5 Å². The quantitative estimate of drug-likeness (QED) is 0.390. The molecule has 1 saturated heterocycles. The van der Waals surface area contributed by atoms with Crippen LogP contribution in [-0.2, 0) is 11.8 Å². The molecule has 0 unspecified atom stereocenters. The van der Waals surface area contributed by atoms with Gasteiger partial charge >= 0.3 is 0 Å². The van der Waals surface area contributed by atoms with E-state index in [9.17, 15) is 9.59 Å². The monoisotopic (exact) mass is 511 g/mol. The normalized spacial score (nSPS) is 13.9. The topological polar surface area (TPSA) is 79.7 Å². The fourth-order valence-electron chi connectivity index (χ4n) is 4.93. The van der Waals surface area contributed by atoms with Gasteiger partial charge in [-0.25, -0.2) is 0 Å². The second-order valence-corrected chi connectivity index (χ2v) is 9.96. The number of fused-ring (bicyclic) bond motifs is 1. The van der Waals surface area contributed by atoms with Gasteiger partial charge < -0.3 is 19.9 Å². The Morgan fingerprint density at radius 1 is 1.03 bits per heavy atom. The number of carbonyl (C=O) groups is 2. The molecule has 2 heterocycles. The Kier molecular flexibility index (Phi) is 7.31. The number of benzene rings is 3. The molecule has 0 bridgehead atoms. The summed E-state index contributed by atoms with van der Waals surface area (Å²) in [6.45, 7) is 1.39. The van der Waals surface area contributed by atoms with Crippen LogP contribution < -0.4 is 15.0 Å². The lowest BCUT2D eigenvalue weighted by Crippen LogP contribution is -2.37. The van der Waals surface area contributed by atoms with Gasteiger partial charge in [0.25, 0.3) is 11.8 Å². The van der Waals surface area contributed by atoms with E-state index in [1.54, 1.807) is 6.20 Å². The van der Waals surface area contributed by atoms with E-state index in [0.717, 1.165) is 48.2 Å². The van der Waals surface area contributed by atoms with Crippen LogP contribution in [0, 0.1) is 0 Å². The number of nitrogens with zero attached hydrogens (tertiary/aromatic N) is 4. The Labute approximate surface area is 222 Å². The Morgan fingerprint density at radius 3 is 2.53 bits per heavy atom. The van der Waals surface area contributed by atoms with Gasteiger partial charge in [-0.2, -0.15) is 5.10 Å². The highest BCUT2D eigenvalue weighted by Crippen LogP contribution is 2.30. The predicted molar refractivity (Wildman–Crippen MR) is 150 cm³/mol. The number of likely N-dealkylation sites (tertiary alicyclic amines) is 1. The van der Waals surface area contributed by atoms with E-state index < -0.39 is 0 Å². The van der Waals surface area contributed by atoms with Crippen molar-refractivity contribution in [2.75, 3.05) is 44.0 Å². The number of aromatic nitrogens is 2. The fourth-order valence-corrected chi connectivity index (χ4v) is 4.93. The zero-order valence-electron chi connectivity index (χ0n) is 22.1. The number of rotatable bonds is 7. The van der Waals surface area contributed by atoms with Crippen molar-refractivity contribution in [1.29, 1.82) is 0 Å². The summed E-state index contributed by atoms with van der Waals surface area (Å²) in [5.74, 6) is 0.910. The first kappa shape index (κ1) is 25.3. The molecule has 1 aliphatic heterocycles. The van der Waals surface area contributed by atoms with Gasteiger partial charge in [-0.3, -0.25) is 14.3 Å². The van der Waals surface area contributed by atoms with Crippen LogP contribution in [0.25, 0.3) is 10.9 Å². The summed E-state index contributed by atoms with van der Waals surface area (Å²) in [4.78, 5) is 29.4. The van der Waals surface area contributed by atoms with Crippen molar-refractivity contribution >= 4 is 34.1 Å². The molecule has 5 rings (SSSR count). The van der Waals surface area contributed by atoms with Gasteiger partial charge in [0.1, 0.15) is 5.75 Å². The van der Waals surface area contributed by atoms with Gasteiger partial charge in [0.2, 0.25) is 0 Å². The molecule has 4 aromatic rings. The molecule has 0 radical (unpaired) electrons. The van der Waals surface area contributed by atoms with Gasteiger partial charge in [-0.15, -0.1) is 0 Å². The van der Waals surface area contributed by atoms with Crippen molar-refractivity contribution in [3.8, 4) is 5.75 Å². The first-order valence-corrected chi connectivity index (χ1v) is 12.9. The number of carbonyl (C=O) groups excluding carboxylic acids is 2. The lowest BCUT2D eigenvalue weighted by molar-refractivity contribution is -0.118. The Morgan fingerprint density at radius 2 is 1.79 bits per heavy atom. The van der Waals surface area contributed by atoms with Crippen molar-refractivity contribution < 1.29 is 14.3 Å². The lowest BCUT2D eigenvalue weighted by Gasteiger charge is -2.32. The third kappa shape index (κ3) is 5.64. The minimum Gasteiger partial charge on any atom is -0.484 e. The molecule has 196 valence electrons. The molecule has 0 aliphatic carbocycles. The first-order chi connectivity index (χ1) is 18.4. The molecule has 2 amide bonds. The van der Waals surface area contributed by atoms with Crippen LogP contribution in [0.1, 0.15) is 34.7 Å². The molecular weight excluding hydrogens is 478 g/mol. The number of hydrogen-bond acceptors (Lipinski definition) is 5. The van der Waals surface area contributed by atoms with Crippen molar-refractivity contribution in [2.24, 2.45) is 7.05 Å². The van der Waals surface area contributed by atoms with Crippen LogP contribution in [0.15, 0.2) is 72.9 Å².